The summed E-state index contributed by atoms with van der Waals surface area (Å²) in [5, 5.41) is 11.1. The third kappa shape index (κ3) is 6.46. The lowest BCUT2D eigenvalue weighted by Gasteiger charge is -2.14. The van der Waals surface area contributed by atoms with Crippen LogP contribution in [0.4, 0.5) is 0 Å². The van der Waals surface area contributed by atoms with Crippen LogP contribution >= 0.6 is 0 Å². The molecule has 3 rings (SSSR count). The molecule has 0 radical (unpaired) electrons. The van der Waals surface area contributed by atoms with Gasteiger partial charge in [0.15, 0.2) is 5.96 Å². The fourth-order valence-electron chi connectivity index (χ4n) is 3.16. The molecule has 0 bridgehead atoms. The van der Waals surface area contributed by atoms with Crippen LogP contribution in [0.1, 0.15) is 30.0 Å². The Balaban J connectivity index is 1.45. The van der Waals surface area contributed by atoms with E-state index < -0.39 is 0 Å². The average molecular weight is 406 g/mol. The predicted molar refractivity (Wildman–Crippen MR) is 122 cm³/mol. The van der Waals surface area contributed by atoms with Crippen molar-refractivity contribution in [3.05, 3.63) is 83.7 Å². The smallest absolute Gasteiger partial charge is 0.191 e. The van der Waals surface area contributed by atoms with Gasteiger partial charge in [-0.25, -0.2) is 4.68 Å². The van der Waals surface area contributed by atoms with Crippen molar-refractivity contribution in [2.24, 2.45) is 4.99 Å². The van der Waals surface area contributed by atoms with Crippen LogP contribution in [0.3, 0.4) is 0 Å². The van der Waals surface area contributed by atoms with Crippen LogP contribution in [0.5, 0.6) is 0 Å². The quantitative estimate of drug-likeness (QED) is 0.307. The highest BCUT2D eigenvalue weighted by molar-refractivity contribution is 5.79. The summed E-state index contributed by atoms with van der Waals surface area (Å²) in [5.41, 5.74) is 4.78. The summed E-state index contributed by atoms with van der Waals surface area (Å²) in [5.74, 6) is 0.799. The standard InChI is InChI=1S/C24H31N5O/c1-3-17-30-19-22-8-5-4-7-21(22)18-27-24(25-2)26-15-13-20-9-11-23(12-10-20)29-16-6-14-28-29/h4-12,14,16H,3,13,15,17-19H2,1-2H3,(H2,25,26,27). The highest BCUT2D eigenvalue weighted by atomic mass is 16.5. The lowest BCUT2D eigenvalue weighted by Crippen LogP contribution is -2.38. The first-order chi connectivity index (χ1) is 14.8. The van der Waals surface area contributed by atoms with Crippen molar-refractivity contribution in [3.63, 3.8) is 0 Å². The van der Waals surface area contributed by atoms with E-state index in [4.69, 9.17) is 4.74 Å². The van der Waals surface area contributed by atoms with Gasteiger partial charge in [-0.1, -0.05) is 43.3 Å². The molecule has 0 saturated carbocycles. The van der Waals surface area contributed by atoms with Crippen LogP contribution in [0.25, 0.3) is 5.69 Å². The monoisotopic (exact) mass is 405 g/mol. The van der Waals surface area contributed by atoms with Crippen LogP contribution in [0.15, 0.2) is 72.0 Å². The van der Waals surface area contributed by atoms with E-state index >= 15 is 0 Å². The summed E-state index contributed by atoms with van der Waals surface area (Å²) < 4.78 is 7.57. The lowest BCUT2D eigenvalue weighted by molar-refractivity contribution is 0.121. The van der Waals surface area contributed by atoms with Gasteiger partial charge in [0.25, 0.3) is 0 Å². The van der Waals surface area contributed by atoms with Gasteiger partial charge in [0.2, 0.25) is 0 Å². The molecular weight excluding hydrogens is 374 g/mol. The molecule has 6 heteroatoms. The summed E-state index contributed by atoms with van der Waals surface area (Å²) in [4.78, 5) is 4.34. The average Bonchev–Trinajstić information content (AvgIpc) is 3.32. The van der Waals surface area contributed by atoms with Gasteiger partial charge in [-0.05, 0) is 47.7 Å². The highest BCUT2D eigenvalue weighted by Crippen LogP contribution is 2.11. The van der Waals surface area contributed by atoms with E-state index in [0.29, 0.717) is 13.2 Å². The Morgan fingerprint density at radius 2 is 1.83 bits per heavy atom. The van der Waals surface area contributed by atoms with Crippen molar-refractivity contribution in [1.29, 1.82) is 0 Å². The van der Waals surface area contributed by atoms with E-state index in [1.165, 1.54) is 16.7 Å². The van der Waals surface area contributed by atoms with Crippen LogP contribution in [-0.4, -0.2) is 35.9 Å². The third-order valence-electron chi connectivity index (χ3n) is 4.81. The van der Waals surface area contributed by atoms with Crippen molar-refractivity contribution in [2.75, 3.05) is 20.2 Å². The Morgan fingerprint density at radius 3 is 2.53 bits per heavy atom. The second-order valence-electron chi connectivity index (χ2n) is 7.04. The van der Waals surface area contributed by atoms with Gasteiger partial charge in [0.1, 0.15) is 0 Å². The Hall–Kier alpha value is -3.12. The highest BCUT2D eigenvalue weighted by Gasteiger charge is 2.04. The molecule has 0 atom stereocenters. The second kappa shape index (κ2) is 11.8. The molecule has 0 aliphatic rings. The van der Waals surface area contributed by atoms with Crippen molar-refractivity contribution < 1.29 is 4.74 Å². The van der Waals surface area contributed by atoms with Crippen LogP contribution in [0.2, 0.25) is 0 Å². The van der Waals surface area contributed by atoms with Crippen LogP contribution in [0, 0.1) is 0 Å². The first-order valence-corrected chi connectivity index (χ1v) is 10.5. The van der Waals surface area contributed by atoms with Gasteiger partial charge in [0.05, 0.1) is 12.3 Å². The Morgan fingerprint density at radius 1 is 1.03 bits per heavy atom. The number of benzene rings is 2. The Labute approximate surface area is 179 Å². The minimum absolute atomic E-state index is 0.645. The van der Waals surface area contributed by atoms with Crippen molar-refractivity contribution in [1.82, 2.24) is 20.4 Å². The van der Waals surface area contributed by atoms with E-state index in [1.54, 1.807) is 13.2 Å². The fourth-order valence-corrected chi connectivity index (χ4v) is 3.16. The zero-order valence-corrected chi connectivity index (χ0v) is 17.8. The molecule has 1 aromatic heterocycles. The molecule has 0 spiro atoms. The molecule has 0 fully saturated rings. The normalized spacial score (nSPS) is 11.5. The molecule has 0 saturated heterocycles. The molecule has 0 aliphatic carbocycles. The Bertz CT molecular complexity index is 904. The largest absolute Gasteiger partial charge is 0.377 e. The SMILES string of the molecule is CCCOCc1ccccc1CNC(=NC)NCCc1ccc(-n2cccn2)cc1. The number of nitrogens with zero attached hydrogens (tertiary/aromatic N) is 3. The fraction of sp³-hybridized carbons (Fsp3) is 0.333. The van der Waals surface area contributed by atoms with Gasteiger partial charge in [-0.2, -0.15) is 5.10 Å². The number of guanidine groups is 1. The van der Waals surface area contributed by atoms with E-state index in [2.05, 4.69) is 76.2 Å². The molecule has 2 N–H and O–H groups in total. The molecule has 1 heterocycles. The minimum atomic E-state index is 0.645. The zero-order valence-electron chi connectivity index (χ0n) is 17.8. The first-order valence-electron chi connectivity index (χ1n) is 10.5. The molecule has 158 valence electrons. The van der Waals surface area contributed by atoms with Gasteiger partial charge < -0.3 is 15.4 Å². The van der Waals surface area contributed by atoms with Crippen molar-refractivity contribution in [2.45, 2.75) is 32.9 Å². The molecule has 6 nitrogen and oxygen atoms in total. The van der Waals surface area contributed by atoms with Gasteiger partial charge in [-0.3, -0.25) is 4.99 Å². The number of nitrogens with one attached hydrogen (secondary N) is 2. The van der Waals surface area contributed by atoms with Crippen LogP contribution in [-0.2, 0) is 24.3 Å². The number of aliphatic imine (C=N–C) groups is 1. The third-order valence-corrected chi connectivity index (χ3v) is 4.81. The summed E-state index contributed by atoms with van der Waals surface area (Å²) in [7, 11) is 1.80. The molecular formula is C24H31N5O. The molecule has 3 aromatic rings. The maximum absolute atomic E-state index is 5.71. The number of ether oxygens (including phenoxy) is 1. The number of rotatable bonds is 10. The number of hydrogen-bond donors (Lipinski definition) is 2. The first kappa shape index (κ1) is 21.6. The second-order valence-corrected chi connectivity index (χ2v) is 7.04. The molecule has 0 aliphatic heterocycles. The minimum Gasteiger partial charge on any atom is -0.377 e. The molecule has 30 heavy (non-hydrogen) atoms. The van der Waals surface area contributed by atoms with E-state index in [-0.39, 0.29) is 0 Å². The van der Waals surface area contributed by atoms with Gasteiger partial charge >= 0.3 is 0 Å². The summed E-state index contributed by atoms with van der Waals surface area (Å²) >= 11 is 0. The predicted octanol–water partition coefficient (Wildman–Crippen LogP) is 3.71. The van der Waals surface area contributed by atoms with E-state index in [9.17, 15) is 0 Å². The number of hydrogen-bond acceptors (Lipinski definition) is 3. The van der Waals surface area contributed by atoms with E-state index in [0.717, 1.165) is 37.6 Å². The van der Waals surface area contributed by atoms with Crippen LogP contribution < -0.4 is 10.6 Å². The molecule has 0 amide bonds. The maximum Gasteiger partial charge on any atom is 0.191 e. The van der Waals surface area contributed by atoms with Gasteiger partial charge in [0, 0.05) is 39.1 Å². The molecule has 2 aromatic carbocycles. The zero-order chi connectivity index (χ0) is 21.0. The van der Waals surface area contributed by atoms with Crippen molar-refractivity contribution in [3.8, 4) is 5.69 Å². The lowest BCUT2D eigenvalue weighted by atomic mass is 10.1. The van der Waals surface area contributed by atoms with E-state index in [1.807, 2.05) is 16.9 Å². The topological polar surface area (TPSA) is 63.5 Å². The maximum atomic E-state index is 5.71. The summed E-state index contributed by atoms with van der Waals surface area (Å²) in [6.07, 6.45) is 5.68. The summed E-state index contributed by atoms with van der Waals surface area (Å²) in [6.45, 7) is 5.07. The Kier molecular flexibility index (Phi) is 8.47. The van der Waals surface area contributed by atoms with Gasteiger partial charge in [-0.15, -0.1) is 0 Å². The number of aromatic nitrogens is 2. The summed E-state index contributed by atoms with van der Waals surface area (Å²) in [6, 6.07) is 18.7. The molecule has 0 unspecified atom stereocenters. The van der Waals surface area contributed by atoms with Crippen molar-refractivity contribution >= 4 is 5.96 Å².